The van der Waals surface area contributed by atoms with Crippen molar-refractivity contribution in [2.24, 2.45) is 5.92 Å². The molecule has 2 unspecified atom stereocenters. The lowest BCUT2D eigenvalue weighted by atomic mass is 10.0. The van der Waals surface area contributed by atoms with Crippen molar-refractivity contribution in [2.75, 3.05) is 26.8 Å². The Labute approximate surface area is 113 Å². The Morgan fingerprint density at radius 3 is 2.95 bits per heavy atom. The Morgan fingerprint density at radius 2 is 2.37 bits per heavy atom. The van der Waals surface area contributed by atoms with Crippen molar-refractivity contribution in [1.82, 2.24) is 4.90 Å². The minimum absolute atomic E-state index is 0.00347. The van der Waals surface area contributed by atoms with E-state index in [9.17, 15) is 4.79 Å². The van der Waals surface area contributed by atoms with Crippen LogP contribution in [0.4, 0.5) is 0 Å². The first-order valence-corrected chi connectivity index (χ1v) is 6.69. The predicted octanol–water partition coefficient (Wildman–Crippen LogP) is 2.40. The summed E-state index contributed by atoms with van der Waals surface area (Å²) >= 11 is 0. The van der Waals surface area contributed by atoms with Crippen molar-refractivity contribution in [3.05, 3.63) is 23.7 Å². The molecule has 1 aromatic rings. The highest BCUT2D eigenvalue weighted by Crippen LogP contribution is 2.24. The van der Waals surface area contributed by atoms with Crippen molar-refractivity contribution in [3.63, 3.8) is 0 Å². The molecule has 1 aromatic heterocycles. The van der Waals surface area contributed by atoms with E-state index in [1.807, 2.05) is 14.0 Å². The van der Waals surface area contributed by atoms with Crippen molar-refractivity contribution >= 4 is 5.97 Å². The lowest BCUT2D eigenvalue weighted by Crippen LogP contribution is -2.32. The average molecular weight is 267 g/mol. The first-order valence-electron chi connectivity index (χ1n) is 6.69. The smallest absolute Gasteiger partial charge is 0.371 e. The van der Waals surface area contributed by atoms with Crippen LogP contribution in [0.1, 0.15) is 42.1 Å². The number of hydrogen-bond acceptors (Lipinski definition) is 4. The van der Waals surface area contributed by atoms with Gasteiger partial charge in [-0.25, -0.2) is 4.79 Å². The molecule has 1 fully saturated rings. The van der Waals surface area contributed by atoms with E-state index in [0.717, 1.165) is 26.2 Å². The zero-order valence-corrected chi connectivity index (χ0v) is 11.5. The maximum Gasteiger partial charge on any atom is 0.371 e. The van der Waals surface area contributed by atoms with Gasteiger partial charge in [0.1, 0.15) is 5.76 Å². The maximum atomic E-state index is 10.8. The second kappa shape index (κ2) is 6.21. The van der Waals surface area contributed by atoms with Crippen LogP contribution in [-0.4, -0.2) is 42.8 Å². The summed E-state index contributed by atoms with van der Waals surface area (Å²) < 4.78 is 10.8. The largest absolute Gasteiger partial charge is 0.475 e. The van der Waals surface area contributed by atoms with Crippen LogP contribution in [0.2, 0.25) is 0 Å². The Bertz CT molecular complexity index is 423. The lowest BCUT2D eigenvalue weighted by molar-refractivity contribution is 0.0356. The molecule has 2 rings (SSSR count). The lowest BCUT2D eigenvalue weighted by Gasteiger charge is -2.30. The summed E-state index contributed by atoms with van der Waals surface area (Å²) in [5, 5.41) is 8.86. The normalized spacial score (nSPS) is 21.5. The summed E-state index contributed by atoms with van der Waals surface area (Å²) in [4.78, 5) is 13.0. The maximum absolute atomic E-state index is 10.8. The Morgan fingerprint density at radius 1 is 1.58 bits per heavy atom. The fraction of sp³-hybridized carbons (Fsp3) is 0.643. The van der Waals surface area contributed by atoms with E-state index in [0.29, 0.717) is 11.7 Å². The van der Waals surface area contributed by atoms with Crippen molar-refractivity contribution in [1.29, 1.82) is 0 Å². The number of hydrogen-bond donors (Lipinski definition) is 1. The molecule has 1 saturated heterocycles. The fourth-order valence-corrected chi connectivity index (χ4v) is 2.43. The minimum atomic E-state index is -1.03. The predicted molar refractivity (Wildman–Crippen MR) is 70.3 cm³/mol. The number of furan rings is 1. The van der Waals surface area contributed by atoms with Crippen LogP contribution < -0.4 is 0 Å². The summed E-state index contributed by atoms with van der Waals surface area (Å²) in [6.45, 7) is 4.64. The molecule has 0 spiro atoms. The molecule has 1 N–H and O–H groups in total. The summed E-state index contributed by atoms with van der Waals surface area (Å²) in [6.07, 6.45) is 2.31. The first kappa shape index (κ1) is 14.1. The molecule has 1 aliphatic heterocycles. The van der Waals surface area contributed by atoms with Gasteiger partial charge in [0, 0.05) is 13.2 Å². The van der Waals surface area contributed by atoms with Crippen LogP contribution in [0.15, 0.2) is 16.5 Å². The molecule has 2 atom stereocenters. The third kappa shape index (κ3) is 3.58. The van der Waals surface area contributed by atoms with E-state index in [1.165, 1.54) is 12.5 Å². The molecule has 0 aromatic carbocycles. The number of carbonyl (C=O) groups is 1. The average Bonchev–Trinajstić information content (AvgIpc) is 2.88. The SMILES string of the molecule is CC(c1ccc(C(=O)O)o1)N(C)CC1CCCOC1. The number of rotatable bonds is 5. The van der Waals surface area contributed by atoms with Crippen LogP contribution in [-0.2, 0) is 4.74 Å². The molecule has 0 saturated carbocycles. The van der Waals surface area contributed by atoms with Crippen LogP contribution in [0.5, 0.6) is 0 Å². The molecule has 1 aliphatic rings. The Kier molecular flexibility index (Phi) is 4.61. The van der Waals surface area contributed by atoms with E-state index < -0.39 is 5.97 Å². The molecular formula is C14H21NO4. The number of aromatic carboxylic acids is 1. The molecule has 5 heteroatoms. The van der Waals surface area contributed by atoms with Gasteiger partial charge in [0.05, 0.1) is 12.6 Å². The van der Waals surface area contributed by atoms with Gasteiger partial charge in [-0.1, -0.05) is 0 Å². The molecule has 0 aliphatic carbocycles. The molecule has 5 nitrogen and oxygen atoms in total. The number of ether oxygens (including phenoxy) is 1. The highest BCUT2D eigenvalue weighted by atomic mass is 16.5. The summed E-state index contributed by atoms with van der Waals surface area (Å²) in [6, 6.07) is 3.31. The fourth-order valence-electron chi connectivity index (χ4n) is 2.43. The summed E-state index contributed by atoms with van der Waals surface area (Å²) in [5.41, 5.74) is 0. The molecule has 19 heavy (non-hydrogen) atoms. The second-order valence-electron chi connectivity index (χ2n) is 5.21. The van der Waals surface area contributed by atoms with Gasteiger partial charge in [0.15, 0.2) is 0 Å². The van der Waals surface area contributed by atoms with Gasteiger partial charge in [-0.2, -0.15) is 0 Å². The Hall–Kier alpha value is -1.33. The first-order chi connectivity index (χ1) is 9.08. The summed E-state index contributed by atoms with van der Waals surface area (Å²) in [5.74, 6) is 0.213. The van der Waals surface area contributed by atoms with Gasteiger partial charge in [-0.05, 0) is 44.9 Å². The van der Waals surface area contributed by atoms with E-state index in [1.54, 1.807) is 6.07 Å². The molecule has 0 radical (unpaired) electrons. The summed E-state index contributed by atoms with van der Waals surface area (Å²) in [7, 11) is 2.03. The van der Waals surface area contributed by atoms with Gasteiger partial charge in [0.25, 0.3) is 0 Å². The van der Waals surface area contributed by atoms with E-state index in [-0.39, 0.29) is 11.8 Å². The zero-order chi connectivity index (χ0) is 13.8. The van der Waals surface area contributed by atoms with Crippen LogP contribution >= 0.6 is 0 Å². The molecule has 0 amide bonds. The quantitative estimate of drug-likeness (QED) is 0.887. The highest BCUT2D eigenvalue weighted by Gasteiger charge is 2.22. The highest BCUT2D eigenvalue weighted by molar-refractivity contribution is 5.84. The van der Waals surface area contributed by atoms with Gasteiger partial charge in [-0.3, -0.25) is 4.90 Å². The monoisotopic (exact) mass is 267 g/mol. The number of nitrogens with zero attached hydrogens (tertiary/aromatic N) is 1. The topological polar surface area (TPSA) is 62.9 Å². The van der Waals surface area contributed by atoms with Crippen LogP contribution in [0.25, 0.3) is 0 Å². The molecule has 106 valence electrons. The third-order valence-electron chi connectivity index (χ3n) is 3.71. The van der Waals surface area contributed by atoms with Crippen LogP contribution in [0.3, 0.4) is 0 Å². The van der Waals surface area contributed by atoms with E-state index >= 15 is 0 Å². The van der Waals surface area contributed by atoms with Crippen molar-refractivity contribution in [3.8, 4) is 0 Å². The van der Waals surface area contributed by atoms with Gasteiger partial charge in [-0.15, -0.1) is 0 Å². The van der Waals surface area contributed by atoms with Crippen molar-refractivity contribution in [2.45, 2.75) is 25.8 Å². The zero-order valence-electron chi connectivity index (χ0n) is 11.5. The second-order valence-corrected chi connectivity index (χ2v) is 5.21. The van der Waals surface area contributed by atoms with Crippen LogP contribution in [0, 0.1) is 5.92 Å². The standard InChI is InChI=1S/C14H21NO4/c1-10(12-5-6-13(19-12)14(16)17)15(2)8-11-4-3-7-18-9-11/h5-6,10-11H,3-4,7-9H2,1-2H3,(H,16,17). The molecule has 0 bridgehead atoms. The van der Waals surface area contributed by atoms with E-state index in [2.05, 4.69) is 4.90 Å². The number of carboxylic acid groups (broad SMARTS) is 1. The number of carboxylic acids is 1. The van der Waals surface area contributed by atoms with Crippen molar-refractivity contribution < 1.29 is 19.1 Å². The van der Waals surface area contributed by atoms with Gasteiger partial charge >= 0.3 is 5.97 Å². The molecular weight excluding hydrogens is 246 g/mol. The Balaban J connectivity index is 1.93. The minimum Gasteiger partial charge on any atom is -0.475 e. The third-order valence-corrected chi connectivity index (χ3v) is 3.71. The van der Waals surface area contributed by atoms with Gasteiger partial charge < -0.3 is 14.3 Å². The van der Waals surface area contributed by atoms with Gasteiger partial charge in [0.2, 0.25) is 5.76 Å². The van der Waals surface area contributed by atoms with E-state index in [4.69, 9.17) is 14.3 Å². The molecule has 2 heterocycles.